The maximum Gasteiger partial charge on any atom is 0.240 e. The van der Waals surface area contributed by atoms with Crippen LogP contribution in [-0.2, 0) is 10.0 Å². The molecule has 0 aliphatic carbocycles. The lowest BCUT2D eigenvalue weighted by Crippen LogP contribution is -2.29. The third-order valence-electron chi connectivity index (χ3n) is 2.40. The van der Waals surface area contributed by atoms with Crippen LogP contribution in [0.4, 0.5) is 0 Å². The van der Waals surface area contributed by atoms with Gasteiger partial charge in [0.2, 0.25) is 10.0 Å². The third-order valence-corrected chi connectivity index (χ3v) is 5.07. The number of rotatable bonds is 7. The maximum atomic E-state index is 12.0. The monoisotopic (exact) mass is 368 g/mol. The average Bonchev–Trinajstić information content (AvgIpc) is 2.31. The van der Waals surface area contributed by atoms with Crippen LogP contribution >= 0.6 is 27.5 Å². The molecule has 0 saturated heterocycles. The summed E-state index contributed by atoms with van der Waals surface area (Å²) in [5, 5.41) is 3.71. The Kier molecular flexibility index (Phi) is 6.76. The van der Waals surface area contributed by atoms with Gasteiger partial charge in [-0.3, -0.25) is 0 Å². The number of sulfonamides is 1. The van der Waals surface area contributed by atoms with Gasteiger partial charge in [0, 0.05) is 17.1 Å². The second-order valence-electron chi connectivity index (χ2n) is 4.44. The normalized spacial score (nSPS) is 12.1. The number of nitrogens with one attached hydrogen (secondary N) is 2. The summed E-state index contributed by atoms with van der Waals surface area (Å²) < 4.78 is 27.1. The van der Waals surface area contributed by atoms with Crippen molar-refractivity contribution in [3.63, 3.8) is 0 Å². The Morgan fingerprint density at radius 3 is 2.58 bits per heavy atom. The Hall–Kier alpha value is -0.140. The summed E-state index contributed by atoms with van der Waals surface area (Å²) >= 11 is 9.05. The van der Waals surface area contributed by atoms with E-state index in [0.717, 1.165) is 13.0 Å². The van der Waals surface area contributed by atoms with E-state index in [-0.39, 0.29) is 4.90 Å². The molecule has 0 bridgehead atoms. The molecule has 0 aromatic heterocycles. The highest BCUT2D eigenvalue weighted by Gasteiger charge is 2.14. The van der Waals surface area contributed by atoms with Crippen LogP contribution in [0.3, 0.4) is 0 Å². The molecule has 0 heterocycles. The minimum atomic E-state index is -3.47. The van der Waals surface area contributed by atoms with Crippen molar-refractivity contribution in [3.05, 3.63) is 27.7 Å². The van der Waals surface area contributed by atoms with E-state index in [0.29, 0.717) is 22.1 Å². The number of benzene rings is 1. The Bertz CT molecular complexity index is 520. The van der Waals surface area contributed by atoms with Gasteiger partial charge in [0.25, 0.3) is 0 Å². The van der Waals surface area contributed by atoms with Crippen LogP contribution in [0.5, 0.6) is 0 Å². The van der Waals surface area contributed by atoms with Gasteiger partial charge in [-0.25, -0.2) is 13.1 Å². The van der Waals surface area contributed by atoms with Crippen LogP contribution in [0.1, 0.15) is 20.3 Å². The third kappa shape index (κ3) is 5.79. The molecule has 2 N–H and O–H groups in total. The van der Waals surface area contributed by atoms with Gasteiger partial charge in [0.15, 0.2) is 0 Å². The Labute approximate surface area is 128 Å². The predicted molar refractivity (Wildman–Crippen MR) is 82.1 cm³/mol. The van der Waals surface area contributed by atoms with Gasteiger partial charge < -0.3 is 5.32 Å². The van der Waals surface area contributed by atoms with E-state index in [9.17, 15) is 8.42 Å². The molecule has 1 aromatic rings. The van der Waals surface area contributed by atoms with Crippen LogP contribution in [0.25, 0.3) is 0 Å². The largest absolute Gasteiger partial charge is 0.314 e. The SMILES string of the molecule is CC(C)NCCCNS(=O)(=O)c1ccc(Cl)c(Br)c1. The van der Waals surface area contributed by atoms with E-state index >= 15 is 0 Å². The van der Waals surface area contributed by atoms with E-state index in [1.165, 1.54) is 12.1 Å². The fourth-order valence-corrected chi connectivity index (χ4v) is 3.16. The standard InChI is InChI=1S/C12H18BrClN2O2S/c1-9(2)15-6-3-7-16-19(17,18)10-4-5-12(14)11(13)8-10/h4-5,8-9,15-16H,3,6-7H2,1-2H3. The minimum Gasteiger partial charge on any atom is -0.314 e. The molecule has 1 rings (SSSR count). The summed E-state index contributed by atoms with van der Waals surface area (Å²) in [6.45, 7) is 5.29. The van der Waals surface area contributed by atoms with Crippen molar-refractivity contribution < 1.29 is 8.42 Å². The number of hydrogen-bond acceptors (Lipinski definition) is 3. The van der Waals surface area contributed by atoms with Gasteiger partial charge in [-0.05, 0) is 47.1 Å². The molecule has 0 spiro atoms. The Balaban J connectivity index is 2.54. The van der Waals surface area contributed by atoms with Crippen molar-refractivity contribution in [2.75, 3.05) is 13.1 Å². The molecular formula is C12H18BrClN2O2S. The zero-order valence-electron chi connectivity index (χ0n) is 10.9. The van der Waals surface area contributed by atoms with Crippen LogP contribution in [0, 0.1) is 0 Å². The van der Waals surface area contributed by atoms with Crippen molar-refractivity contribution >= 4 is 37.6 Å². The Morgan fingerprint density at radius 2 is 2.00 bits per heavy atom. The highest BCUT2D eigenvalue weighted by Crippen LogP contribution is 2.25. The first-order chi connectivity index (χ1) is 8.83. The minimum absolute atomic E-state index is 0.209. The topological polar surface area (TPSA) is 58.2 Å². The van der Waals surface area contributed by atoms with Crippen molar-refractivity contribution in [1.82, 2.24) is 10.0 Å². The van der Waals surface area contributed by atoms with Crippen molar-refractivity contribution in [2.24, 2.45) is 0 Å². The lowest BCUT2D eigenvalue weighted by Gasteiger charge is -2.09. The van der Waals surface area contributed by atoms with Crippen molar-refractivity contribution in [1.29, 1.82) is 0 Å². The molecule has 0 amide bonds. The van der Waals surface area contributed by atoms with E-state index in [1.807, 2.05) is 0 Å². The lowest BCUT2D eigenvalue weighted by atomic mass is 10.3. The quantitative estimate of drug-likeness (QED) is 0.727. The summed E-state index contributed by atoms with van der Waals surface area (Å²) in [6.07, 6.45) is 0.742. The maximum absolute atomic E-state index is 12.0. The first-order valence-electron chi connectivity index (χ1n) is 6.01. The molecule has 108 valence electrons. The van der Waals surface area contributed by atoms with Gasteiger partial charge in [-0.15, -0.1) is 0 Å². The second kappa shape index (κ2) is 7.59. The lowest BCUT2D eigenvalue weighted by molar-refractivity contribution is 0.554. The zero-order chi connectivity index (χ0) is 14.5. The van der Waals surface area contributed by atoms with E-state index in [1.54, 1.807) is 6.07 Å². The fraction of sp³-hybridized carbons (Fsp3) is 0.500. The number of halogens is 2. The van der Waals surface area contributed by atoms with Crippen LogP contribution in [0.2, 0.25) is 5.02 Å². The first-order valence-corrected chi connectivity index (χ1v) is 8.66. The van der Waals surface area contributed by atoms with Crippen LogP contribution in [-0.4, -0.2) is 27.5 Å². The highest BCUT2D eigenvalue weighted by molar-refractivity contribution is 9.10. The van der Waals surface area contributed by atoms with Gasteiger partial charge in [-0.1, -0.05) is 25.4 Å². The van der Waals surface area contributed by atoms with Gasteiger partial charge in [0.1, 0.15) is 0 Å². The highest BCUT2D eigenvalue weighted by atomic mass is 79.9. The molecule has 0 aliphatic rings. The van der Waals surface area contributed by atoms with E-state index < -0.39 is 10.0 Å². The molecule has 0 unspecified atom stereocenters. The molecule has 0 atom stereocenters. The molecule has 0 fully saturated rings. The van der Waals surface area contributed by atoms with Crippen molar-refractivity contribution in [3.8, 4) is 0 Å². The molecular weight excluding hydrogens is 352 g/mol. The van der Waals surface area contributed by atoms with Gasteiger partial charge in [0.05, 0.1) is 9.92 Å². The average molecular weight is 370 g/mol. The van der Waals surface area contributed by atoms with E-state index in [2.05, 4.69) is 39.8 Å². The predicted octanol–water partition coefficient (Wildman–Crippen LogP) is 2.77. The second-order valence-corrected chi connectivity index (χ2v) is 7.46. The Morgan fingerprint density at radius 1 is 1.32 bits per heavy atom. The summed E-state index contributed by atoms with van der Waals surface area (Å²) in [7, 11) is -3.47. The smallest absolute Gasteiger partial charge is 0.240 e. The fourth-order valence-electron chi connectivity index (χ4n) is 1.41. The van der Waals surface area contributed by atoms with Crippen molar-refractivity contribution in [2.45, 2.75) is 31.2 Å². The zero-order valence-corrected chi connectivity index (χ0v) is 14.1. The molecule has 7 heteroatoms. The van der Waals surface area contributed by atoms with Crippen LogP contribution < -0.4 is 10.0 Å². The summed E-state index contributed by atoms with van der Waals surface area (Å²) in [6, 6.07) is 4.95. The molecule has 19 heavy (non-hydrogen) atoms. The van der Waals surface area contributed by atoms with Gasteiger partial charge >= 0.3 is 0 Å². The first kappa shape index (κ1) is 16.9. The molecule has 1 aromatic carbocycles. The molecule has 4 nitrogen and oxygen atoms in total. The molecule has 0 saturated carbocycles. The van der Waals surface area contributed by atoms with E-state index in [4.69, 9.17) is 11.6 Å². The summed E-state index contributed by atoms with van der Waals surface area (Å²) in [5.74, 6) is 0. The van der Waals surface area contributed by atoms with Crippen LogP contribution in [0.15, 0.2) is 27.6 Å². The summed E-state index contributed by atoms with van der Waals surface area (Å²) in [4.78, 5) is 0.209. The number of hydrogen-bond donors (Lipinski definition) is 2. The molecule has 0 radical (unpaired) electrons. The van der Waals surface area contributed by atoms with Gasteiger partial charge in [-0.2, -0.15) is 0 Å². The molecule has 0 aliphatic heterocycles. The summed E-state index contributed by atoms with van der Waals surface area (Å²) in [5.41, 5.74) is 0.